The fourth-order valence-corrected chi connectivity index (χ4v) is 3.82. The van der Waals surface area contributed by atoms with Crippen LogP contribution in [0, 0.1) is 17.6 Å². The number of carbonyl (C=O) groups excluding carboxylic acids is 1. The van der Waals surface area contributed by atoms with Crippen LogP contribution in [0.1, 0.15) is 18.4 Å². The van der Waals surface area contributed by atoms with E-state index < -0.39 is 17.7 Å². The van der Waals surface area contributed by atoms with Gasteiger partial charge in [-0.15, -0.1) is 0 Å². The van der Waals surface area contributed by atoms with Gasteiger partial charge in [0.2, 0.25) is 11.9 Å². The number of hydrogen-bond acceptors (Lipinski definition) is 4. The topological polar surface area (TPSA) is 83.6 Å². The molecule has 174 valence electrons. The lowest BCUT2D eigenvalue weighted by atomic mass is 10.0. The maximum Gasteiger partial charge on any atom is 0.232 e. The largest absolute Gasteiger partial charge is 0.353 e. The van der Waals surface area contributed by atoms with Gasteiger partial charge in [-0.25, -0.2) is 18.7 Å². The highest BCUT2D eigenvalue weighted by atomic mass is 19.1. The van der Waals surface area contributed by atoms with Gasteiger partial charge >= 0.3 is 0 Å². The van der Waals surface area contributed by atoms with Gasteiger partial charge in [-0.1, -0.05) is 12.1 Å². The van der Waals surface area contributed by atoms with Crippen molar-refractivity contribution >= 4 is 22.8 Å². The van der Waals surface area contributed by atoms with Gasteiger partial charge in [0.25, 0.3) is 0 Å². The molecule has 0 fully saturated rings. The van der Waals surface area contributed by atoms with Crippen molar-refractivity contribution in [1.82, 2.24) is 19.9 Å². The molecule has 0 bridgehead atoms. The van der Waals surface area contributed by atoms with E-state index in [4.69, 9.17) is 0 Å². The summed E-state index contributed by atoms with van der Waals surface area (Å²) in [5.74, 6) is -2.11. The molecule has 6 nitrogen and oxygen atoms in total. The number of H-pyrrole nitrogens is 1. The SMILES string of the molecule is C[C@@H](C(=O)Nc1cc(-c2[nH]c3ccc(F)nc3c2-c2ccc(F)cn2)ccn1)c1ccc(F)cc1. The van der Waals surface area contributed by atoms with E-state index in [-0.39, 0.29) is 17.5 Å². The van der Waals surface area contributed by atoms with Crippen LogP contribution in [0.3, 0.4) is 0 Å². The van der Waals surface area contributed by atoms with E-state index in [1.54, 1.807) is 37.3 Å². The van der Waals surface area contributed by atoms with Gasteiger partial charge in [0.15, 0.2) is 0 Å². The van der Waals surface area contributed by atoms with Crippen LogP contribution in [0.4, 0.5) is 19.0 Å². The first-order chi connectivity index (χ1) is 16.9. The summed E-state index contributed by atoms with van der Waals surface area (Å²) in [5.41, 5.74) is 3.64. The molecular weight excluding hydrogens is 455 g/mol. The van der Waals surface area contributed by atoms with Crippen LogP contribution < -0.4 is 5.32 Å². The maximum absolute atomic E-state index is 14.0. The van der Waals surface area contributed by atoms with E-state index in [1.807, 2.05) is 0 Å². The Hall–Kier alpha value is -4.53. The molecule has 35 heavy (non-hydrogen) atoms. The number of pyridine rings is 3. The molecule has 0 saturated heterocycles. The number of nitrogens with zero attached hydrogens (tertiary/aromatic N) is 3. The van der Waals surface area contributed by atoms with Gasteiger partial charge in [-0.05, 0) is 61.0 Å². The summed E-state index contributed by atoms with van der Waals surface area (Å²) in [6.07, 6.45) is 2.60. The smallest absolute Gasteiger partial charge is 0.232 e. The molecule has 0 radical (unpaired) electrons. The average molecular weight is 473 g/mol. The van der Waals surface area contributed by atoms with Crippen molar-refractivity contribution in [2.75, 3.05) is 5.32 Å². The Morgan fingerprint density at radius 3 is 2.46 bits per heavy atom. The van der Waals surface area contributed by atoms with Gasteiger partial charge in [0.05, 0.1) is 34.6 Å². The zero-order chi connectivity index (χ0) is 24.5. The molecule has 0 saturated carbocycles. The van der Waals surface area contributed by atoms with Crippen molar-refractivity contribution < 1.29 is 18.0 Å². The van der Waals surface area contributed by atoms with Crippen LogP contribution in [-0.4, -0.2) is 25.8 Å². The quantitative estimate of drug-likeness (QED) is 0.314. The molecule has 2 N–H and O–H groups in total. The fourth-order valence-electron chi connectivity index (χ4n) is 3.82. The molecule has 0 aliphatic carbocycles. The summed E-state index contributed by atoms with van der Waals surface area (Å²) in [7, 11) is 0. The lowest BCUT2D eigenvalue weighted by Crippen LogP contribution is -2.19. The number of aromatic nitrogens is 4. The maximum atomic E-state index is 14.0. The van der Waals surface area contributed by atoms with Crippen molar-refractivity contribution in [1.29, 1.82) is 0 Å². The molecule has 1 aromatic carbocycles. The summed E-state index contributed by atoms with van der Waals surface area (Å²) < 4.78 is 40.7. The van der Waals surface area contributed by atoms with Crippen LogP contribution in [0.25, 0.3) is 33.5 Å². The van der Waals surface area contributed by atoms with E-state index in [9.17, 15) is 18.0 Å². The van der Waals surface area contributed by atoms with Gasteiger partial charge in [-0.2, -0.15) is 4.39 Å². The Kier molecular flexibility index (Phi) is 5.74. The second-order valence-electron chi connectivity index (χ2n) is 7.96. The fraction of sp³-hybridized carbons (Fsp3) is 0.0769. The van der Waals surface area contributed by atoms with Crippen LogP contribution in [0.5, 0.6) is 0 Å². The monoisotopic (exact) mass is 473 g/mol. The predicted octanol–water partition coefficient (Wildman–Crippen LogP) is 5.85. The van der Waals surface area contributed by atoms with Gasteiger partial charge in [0, 0.05) is 11.8 Å². The van der Waals surface area contributed by atoms with Crippen molar-refractivity contribution in [3.63, 3.8) is 0 Å². The molecule has 0 spiro atoms. The number of fused-ring (bicyclic) bond motifs is 1. The normalized spacial score (nSPS) is 12.0. The van der Waals surface area contributed by atoms with E-state index in [1.165, 1.54) is 36.5 Å². The molecule has 5 aromatic rings. The first-order valence-corrected chi connectivity index (χ1v) is 10.7. The number of amides is 1. The highest BCUT2D eigenvalue weighted by molar-refractivity contribution is 6.01. The van der Waals surface area contributed by atoms with Crippen LogP contribution in [-0.2, 0) is 4.79 Å². The number of halogens is 3. The summed E-state index contributed by atoms with van der Waals surface area (Å²) in [6, 6.07) is 14.6. The van der Waals surface area contributed by atoms with E-state index in [2.05, 4.69) is 25.3 Å². The number of carbonyl (C=O) groups is 1. The van der Waals surface area contributed by atoms with E-state index in [0.717, 1.165) is 6.20 Å². The molecule has 0 aliphatic rings. The Balaban J connectivity index is 1.52. The van der Waals surface area contributed by atoms with Crippen LogP contribution in [0.2, 0.25) is 0 Å². The second-order valence-corrected chi connectivity index (χ2v) is 7.96. The summed E-state index contributed by atoms with van der Waals surface area (Å²) in [4.78, 5) is 28.4. The molecule has 1 atom stereocenters. The number of aromatic amines is 1. The molecule has 4 aromatic heterocycles. The summed E-state index contributed by atoms with van der Waals surface area (Å²) in [6.45, 7) is 1.71. The molecular formula is C26H18F3N5O. The predicted molar refractivity (Wildman–Crippen MR) is 126 cm³/mol. The minimum absolute atomic E-state index is 0.289. The number of nitrogens with one attached hydrogen (secondary N) is 2. The first kappa shape index (κ1) is 22.3. The van der Waals surface area contributed by atoms with Crippen LogP contribution >= 0.6 is 0 Å². The standard InChI is InChI=1S/C26H18F3N5O/c1-14(15-2-4-17(27)5-3-15)26(35)34-22-12-16(10-11-30-22)24-23(19-7-6-18(28)13-31-19)25-20(32-24)8-9-21(29)33-25/h2-14,32H,1H3,(H,30,34,35)/t14-/m1/s1. The third-order valence-corrected chi connectivity index (χ3v) is 5.65. The van der Waals surface area contributed by atoms with Crippen molar-refractivity contribution in [3.8, 4) is 22.5 Å². The third kappa shape index (κ3) is 4.48. The number of anilines is 1. The molecule has 0 aliphatic heterocycles. The second kappa shape index (κ2) is 9.02. The minimum atomic E-state index is -0.663. The lowest BCUT2D eigenvalue weighted by molar-refractivity contribution is -0.117. The summed E-state index contributed by atoms with van der Waals surface area (Å²) in [5, 5.41) is 2.78. The van der Waals surface area contributed by atoms with E-state index in [0.29, 0.717) is 39.1 Å². The Labute approximate surface area is 197 Å². The van der Waals surface area contributed by atoms with Gasteiger partial charge < -0.3 is 10.3 Å². The Bertz CT molecular complexity index is 1530. The zero-order valence-corrected chi connectivity index (χ0v) is 18.4. The van der Waals surface area contributed by atoms with Gasteiger partial charge in [-0.3, -0.25) is 9.78 Å². The highest BCUT2D eigenvalue weighted by Gasteiger charge is 2.20. The molecule has 9 heteroatoms. The molecule has 5 rings (SSSR count). The first-order valence-electron chi connectivity index (χ1n) is 10.7. The summed E-state index contributed by atoms with van der Waals surface area (Å²) >= 11 is 0. The number of benzene rings is 1. The van der Waals surface area contributed by atoms with Crippen molar-refractivity contribution in [2.45, 2.75) is 12.8 Å². The number of hydrogen-bond donors (Lipinski definition) is 2. The molecule has 0 unspecified atom stereocenters. The van der Waals surface area contributed by atoms with Crippen molar-refractivity contribution in [3.05, 3.63) is 96.2 Å². The highest BCUT2D eigenvalue weighted by Crippen LogP contribution is 2.37. The molecule has 1 amide bonds. The zero-order valence-electron chi connectivity index (χ0n) is 18.4. The van der Waals surface area contributed by atoms with E-state index >= 15 is 0 Å². The average Bonchev–Trinajstić information content (AvgIpc) is 3.23. The Morgan fingerprint density at radius 1 is 0.943 bits per heavy atom. The lowest BCUT2D eigenvalue weighted by Gasteiger charge is -2.13. The van der Waals surface area contributed by atoms with Gasteiger partial charge in [0.1, 0.15) is 23.0 Å². The van der Waals surface area contributed by atoms with Crippen molar-refractivity contribution in [2.24, 2.45) is 0 Å². The molecule has 4 heterocycles. The van der Waals surface area contributed by atoms with Crippen LogP contribution in [0.15, 0.2) is 73.1 Å². The minimum Gasteiger partial charge on any atom is -0.353 e. The Morgan fingerprint density at radius 2 is 1.71 bits per heavy atom. The third-order valence-electron chi connectivity index (χ3n) is 5.65. The number of rotatable bonds is 5.